The van der Waals surface area contributed by atoms with Gasteiger partial charge in [0.05, 0.1) is 18.1 Å². The predicted molar refractivity (Wildman–Crippen MR) is 139 cm³/mol. The molecule has 35 heavy (non-hydrogen) atoms. The summed E-state index contributed by atoms with van der Waals surface area (Å²) in [5, 5.41) is 32.3. The second-order valence-electron chi connectivity index (χ2n) is 14.9. The molecule has 5 aliphatic carbocycles. The molecule has 4 fully saturated rings. The second-order valence-corrected chi connectivity index (χ2v) is 14.9. The van der Waals surface area contributed by atoms with E-state index in [-0.39, 0.29) is 34.7 Å². The first-order valence-corrected chi connectivity index (χ1v) is 14.5. The molecule has 12 atom stereocenters. The molecule has 0 bridgehead atoms. The second kappa shape index (κ2) is 7.82. The van der Waals surface area contributed by atoms with E-state index >= 15 is 0 Å². The van der Waals surface area contributed by atoms with Crippen LogP contribution >= 0.6 is 0 Å². The zero-order valence-corrected chi connectivity index (χ0v) is 23.2. The number of carboxylic acid groups (broad SMARTS) is 1. The Hall–Kier alpha value is -0.870. The van der Waals surface area contributed by atoms with E-state index in [0.29, 0.717) is 23.7 Å². The molecule has 2 unspecified atom stereocenters. The lowest BCUT2D eigenvalue weighted by Crippen LogP contribution is -2.67. The lowest BCUT2D eigenvalue weighted by Gasteiger charge is -2.72. The SMILES string of the molecule is C[C@@H]1CCC2(C(=O)O)CC[C@]3(C)C(=CC[C@@H]4[C@@]5(C)C[C@@H](C)[C@H](O)[C@@](C)(CO)[C@@H]5CC[C@]43C)C2[C@H]1C. The average molecular weight is 487 g/mol. The molecule has 0 aromatic heterocycles. The van der Waals surface area contributed by atoms with Crippen molar-refractivity contribution >= 4 is 5.97 Å². The van der Waals surface area contributed by atoms with Crippen molar-refractivity contribution < 1.29 is 20.1 Å². The van der Waals surface area contributed by atoms with Crippen LogP contribution in [0.4, 0.5) is 0 Å². The summed E-state index contributed by atoms with van der Waals surface area (Å²) in [5.41, 5.74) is 0.581. The smallest absolute Gasteiger partial charge is 0.310 e. The third-order valence-electron chi connectivity index (χ3n) is 13.8. The van der Waals surface area contributed by atoms with E-state index < -0.39 is 22.9 Å². The molecule has 0 saturated heterocycles. The van der Waals surface area contributed by atoms with Crippen LogP contribution in [0.3, 0.4) is 0 Å². The molecule has 3 N–H and O–H groups in total. The van der Waals surface area contributed by atoms with Gasteiger partial charge in [-0.05, 0) is 103 Å². The number of allylic oxidation sites excluding steroid dienone is 2. The van der Waals surface area contributed by atoms with Gasteiger partial charge < -0.3 is 15.3 Å². The molecule has 4 saturated carbocycles. The van der Waals surface area contributed by atoms with Crippen LogP contribution < -0.4 is 0 Å². The van der Waals surface area contributed by atoms with Crippen molar-refractivity contribution in [3.63, 3.8) is 0 Å². The van der Waals surface area contributed by atoms with Gasteiger partial charge in [0.2, 0.25) is 0 Å². The van der Waals surface area contributed by atoms with Gasteiger partial charge in [0.1, 0.15) is 0 Å². The fraction of sp³-hybridized carbons (Fsp3) is 0.903. The molecule has 0 aliphatic heterocycles. The minimum atomic E-state index is -0.597. The summed E-state index contributed by atoms with van der Waals surface area (Å²) in [6.07, 6.45) is 9.79. The van der Waals surface area contributed by atoms with Gasteiger partial charge in [-0.2, -0.15) is 0 Å². The lowest BCUT2D eigenvalue weighted by atomic mass is 9.33. The Kier molecular flexibility index (Phi) is 5.76. The summed E-state index contributed by atoms with van der Waals surface area (Å²) in [7, 11) is 0. The highest BCUT2D eigenvalue weighted by atomic mass is 16.4. The summed E-state index contributed by atoms with van der Waals surface area (Å²) in [5.74, 6) is 1.47. The van der Waals surface area contributed by atoms with Crippen molar-refractivity contribution in [3.8, 4) is 0 Å². The largest absolute Gasteiger partial charge is 0.481 e. The van der Waals surface area contributed by atoms with E-state index in [2.05, 4.69) is 54.5 Å². The van der Waals surface area contributed by atoms with Gasteiger partial charge in [0, 0.05) is 5.41 Å². The molecular formula is C31H50O4. The number of rotatable bonds is 2. The number of carboxylic acids is 1. The minimum absolute atomic E-state index is 0.00769. The third-order valence-corrected chi connectivity index (χ3v) is 13.8. The van der Waals surface area contributed by atoms with Gasteiger partial charge in [-0.3, -0.25) is 4.79 Å². The molecule has 0 aromatic rings. The number of fused-ring (bicyclic) bond motifs is 7. The Morgan fingerprint density at radius 1 is 0.971 bits per heavy atom. The van der Waals surface area contributed by atoms with Gasteiger partial charge in [-0.1, -0.05) is 60.1 Å². The van der Waals surface area contributed by atoms with E-state index in [1.807, 2.05) is 0 Å². The highest BCUT2D eigenvalue weighted by Gasteiger charge is 2.70. The number of aliphatic hydroxyl groups excluding tert-OH is 2. The van der Waals surface area contributed by atoms with Crippen LogP contribution in [0.15, 0.2) is 11.6 Å². The molecule has 0 amide bonds. The Balaban J connectivity index is 1.62. The molecule has 0 radical (unpaired) electrons. The van der Waals surface area contributed by atoms with Crippen molar-refractivity contribution in [2.75, 3.05) is 6.61 Å². The number of hydrogen-bond acceptors (Lipinski definition) is 3. The van der Waals surface area contributed by atoms with Crippen LogP contribution in [0.5, 0.6) is 0 Å². The Morgan fingerprint density at radius 2 is 1.66 bits per heavy atom. The standard InChI is InChI=1S/C31H50O4/c1-18-10-13-31(26(34)35)15-14-29(6)21(24(31)20(18)3)8-9-23-27(4)16-19(2)25(33)28(5,17-32)22(27)11-12-30(23,29)7/h8,18-20,22-25,32-33H,9-17H2,1-7H3,(H,34,35)/t18-,19-,20+,22-,23-,24?,25+,27+,28+,29-,30-,31?/m1/s1. The van der Waals surface area contributed by atoms with Gasteiger partial charge >= 0.3 is 5.97 Å². The maximum absolute atomic E-state index is 12.8. The van der Waals surface area contributed by atoms with Crippen LogP contribution in [0.1, 0.15) is 99.8 Å². The molecule has 5 aliphatic rings. The highest BCUT2D eigenvalue weighted by Crippen LogP contribution is 2.76. The lowest BCUT2D eigenvalue weighted by molar-refractivity contribution is -0.230. The summed E-state index contributed by atoms with van der Waals surface area (Å²) < 4.78 is 0. The van der Waals surface area contributed by atoms with Gasteiger partial charge in [0.15, 0.2) is 0 Å². The van der Waals surface area contributed by atoms with Crippen LogP contribution in [0, 0.1) is 62.6 Å². The summed E-state index contributed by atoms with van der Waals surface area (Å²) in [6.45, 7) is 16.5. The fourth-order valence-electron chi connectivity index (χ4n) is 11.5. The predicted octanol–water partition coefficient (Wildman–Crippen LogP) is 6.31. The zero-order chi connectivity index (χ0) is 25.8. The monoisotopic (exact) mass is 486 g/mol. The van der Waals surface area contributed by atoms with Crippen molar-refractivity contribution in [2.24, 2.45) is 62.6 Å². The van der Waals surface area contributed by atoms with Crippen molar-refractivity contribution in [1.29, 1.82) is 0 Å². The van der Waals surface area contributed by atoms with Crippen LogP contribution in [-0.2, 0) is 4.79 Å². The first-order valence-electron chi connectivity index (χ1n) is 14.5. The van der Waals surface area contributed by atoms with Gasteiger partial charge in [-0.15, -0.1) is 0 Å². The maximum Gasteiger partial charge on any atom is 0.310 e. The summed E-state index contributed by atoms with van der Waals surface area (Å²) in [4.78, 5) is 12.8. The fourth-order valence-corrected chi connectivity index (χ4v) is 11.5. The van der Waals surface area contributed by atoms with E-state index in [4.69, 9.17) is 0 Å². The Bertz CT molecular complexity index is 927. The topological polar surface area (TPSA) is 77.8 Å². The highest BCUT2D eigenvalue weighted by molar-refractivity contribution is 5.76. The normalized spacial score (nSPS) is 57.7. The number of aliphatic carboxylic acids is 1. The average Bonchev–Trinajstić information content (AvgIpc) is 2.80. The number of aliphatic hydroxyl groups is 2. The van der Waals surface area contributed by atoms with E-state index in [1.165, 1.54) is 5.57 Å². The van der Waals surface area contributed by atoms with Crippen LogP contribution in [0.2, 0.25) is 0 Å². The van der Waals surface area contributed by atoms with Gasteiger partial charge in [-0.25, -0.2) is 0 Å². The first kappa shape index (κ1) is 25.8. The van der Waals surface area contributed by atoms with E-state index in [0.717, 1.165) is 51.4 Å². The molecule has 198 valence electrons. The summed E-state index contributed by atoms with van der Waals surface area (Å²) >= 11 is 0. The zero-order valence-electron chi connectivity index (χ0n) is 23.2. The third kappa shape index (κ3) is 2.96. The molecule has 0 aromatic carbocycles. The minimum Gasteiger partial charge on any atom is -0.481 e. The molecule has 5 rings (SSSR count). The van der Waals surface area contributed by atoms with Crippen molar-refractivity contribution in [1.82, 2.24) is 0 Å². The first-order chi connectivity index (χ1) is 16.2. The molecule has 0 heterocycles. The Morgan fingerprint density at radius 3 is 2.29 bits per heavy atom. The number of hydrogen-bond donors (Lipinski definition) is 3. The molecule has 4 heteroatoms. The summed E-state index contributed by atoms with van der Waals surface area (Å²) in [6, 6.07) is 0. The molecular weight excluding hydrogens is 436 g/mol. The number of carbonyl (C=O) groups is 1. The molecule has 0 spiro atoms. The van der Waals surface area contributed by atoms with Crippen LogP contribution in [0.25, 0.3) is 0 Å². The van der Waals surface area contributed by atoms with E-state index in [9.17, 15) is 20.1 Å². The van der Waals surface area contributed by atoms with Gasteiger partial charge in [0.25, 0.3) is 0 Å². The Labute approximate surface area is 213 Å². The van der Waals surface area contributed by atoms with Crippen LogP contribution in [-0.4, -0.2) is 34.0 Å². The van der Waals surface area contributed by atoms with Crippen molar-refractivity contribution in [2.45, 2.75) is 106 Å². The maximum atomic E-state index is 12.8. The molecule has 4 nitrogen and oxygen atoms in total. The quantitative estimate of drug-likeness (QED) is 0.400. The van der Waals surface area contributed by atoms with Crippen molar-refractivity contribution in [3.05, 3.63) is 11.6 Å². The van der Waals surface area contributed by atoms with E-state index in [1.54, 1.807) is 0 Å².